The minimum Gasteiger partial charge on any atom is -0.372 e. The molecule has 0 bridgehead atoms. The van der Waals surface area contributed by atoms with Crippen molar-refractivity contribution in [2.45, 2.75) is 18.1 Å². The number of rotatable bonds is 2. The van der Waals surface area contributed by atoms with Crippen LogP contribution in [-0.4, -0.2) is 22.8 Å². The van der Waals surface area contributed by atoms with Crippen LogP contribution in [0, 0.1) is 0 Å². The SMILES string of the molecule is CNc1nc(C2CCCS2)ncc1Br. The van der Waals surface area contributed by atoms with Gasteiger partial charge in [-0.2, -0.15) is 11.8 Å². The second-order valence-electron chi connectivity index (χ2n) is 3.18. The van der Waals surface area contributed by atoms with E-state index in [2.05, 4.69) is 31.2 Å². The number of thioether (sulfide) groups is 1. The lowest BCUT2D eigenvalue weighted by Crippen LogP contribution is -2.02. The van der Waals surface area contributed by atoms with Gasteiger partial charge >= 0.3 is 0 Å². The van der Waals surface area contributed by atoms with Crippen molar-refractivity contribution in [1.29, 1.82) is 0 Å². The van der Waals surface area contributed by atoms with E-state index in [-0.39, 0.29) is 0 Å². The zero-order chi connectivity index (χ0) is 9.97. The summed E-state index contributed by atoms with van der Waals surface area (Å²) in [7, 11) is 1.87. The number of halogens is 1. The minimum atomic E-state index is 0.496. The second-order valence-corrected chi connectivity index (χ2v) is 5.34. The van der Waals surface area contributed by atoms with Crippen LogP contribution in [0.3, 0.4) is 0 Å². The Balaban J connectivity index is 2.25. The molecule has 0 saturated carbocycles. The molecule has 3 nitrogen and oxygen atoms in total. The van der Waals surface area contributed by atoms with E-state index < -0.39 is 0 Å². The smallest absolute Gasteiger partial charge is 0.143 e. The molecule has 1 aliphatic heterocycles. The molecular weight excluding hydrogens is 262 g/mol. The van der Waals surface area contributed by atoms with E-state index in [0.717, 1.165) is 16.1 Å². The summed E-state index contributed by atoms with van der Waals surface area (Å²) in [4.78, 5) is 8.83. The highest BCUT2D eigenvalue weighted by molar-refractivity contribution is 9.10. The first-order valence-electron chi connectivity index (χ1n) is 4.63. The van der Waals surface area contributed by atoms with Crippen LogP contribution >= 0.6 is 27.7 Å². The van der Waals surface area contributed by atoms with Gasteiger partial charge in [-0.25, -0.2) is 9.97 Å². The molecule has 5 heteroatoms. The second kappa shape index (κ2) is 4.49. The largest absolute Gasteiger partial charge is 0.372 e. The maximum absolute atomic E-state index is 4.48. The lowest BCUT2D eigenvalue weighted by atomic mass is 10.2. The Labute approximate surface area is 96.2 Å². The standard InChI is InChI=1S/C9H12BrN3S/c1-11-8-6(10)5-12-9(13-8)7-3-2-4-14-7/h5,7H,2-4H2,1H3,(H,11,12,13). The average Bonchev–Trinajstić information content (AvgIpc) is 2.71. The van der Waals surface area contributed by atoms with Crippen LogP contribution in [0.2, 0.25) is 0 Å². The Bertz CT molecular complexity index is 326. The number of nitrogens with zero attached hydrogens (tertiary/aromatic N) is 2. The van der Waals surface area contributed by atoms with E-state index in [1.165, 1.54) is 18.6 Å². The third-order valence-electron chi connectivity index (χ3n) is 2.22. The van der Waals surface area contributed by atoms with Crippen molar-refractivity contribution >= 4 is 33.5 Å². The summed E-state index contributed by atoms with van der Waals surface area (Å²) >= 11 is 5.36. The molecule has 14 heavy (non-hydrogen) atoms. The first-order valence-corrected chi connectivity index (χ1v) is 6.47. The van der Waals surface area contributed by atoms with Crippen LogP contribution in [0.15, 0.2) is 10.7 Å². The van der Waals surface area contributed by atoms with Crippen LogP contribution < -0.4 is 5.32 Å². The van der Waals surface area contributed by atoms with Gasteiger partial charge in [0.05, 0.1) is 9.72 Å². The number of aromatic nitrogens is 2. The average molecular weight is 274 g/mol. The van der Waals surface area contributed by atoms with Crippen LogP contribution in [0.1, 0.15) is 23.9 Å². The fourth-order valence-electron chi connectivity index (χ4n) is 1.49. The topological polar surface area (TPSA) is 37.8 Å². The fourth-order valence-corrected chi connectivity index (χ4v) is 3.10. The summed E-state index contributed by atoms with van der Waals surface area (Å²) in [6, 6.07) is 0. The molecule has 1 unspecified atom stereocenters. The van der Waals surface area contributed by atoms with Crippen molar-refractivity contribution in [3.63, 3.8) is 0 Å². The highest BCUT2D eigenvalue weighted by Crippen LogP contribution is 2.38. The molecule has 0 aromatic carbocycles. The van der Waals surface area contributed by atoms with Crippen LogP contribution in [0.5, 0.6) is 0 Å². The number of hydrogen-bond donors (Lipinski definition) is 1. The predicted octanol–water partition coefficient (Wildman–Crippen LogP) is 2.85. The van der Waals surface area contributed by atoms with Gasteiger partial charge in [-0.3, -0.25) is 0 Å². The van der Waals surface area contributed by atoms with Gasteiger partial charge < -0.3 is 5.32 Å². The van der Waals surface area contributed by atoms with Gasteiger partial charge in [0.2, 0.25) is 0 Å². The van der Waals surface area contributed by atoms with E-state index in [0.29, 0.717) is 5.25 Å². The summed E-state index contributed by atoms with van der Waals surface area (Å²) in [6.07, 6.45) is 4.31. The molecular formula is C9H12BrN3S. The van der Waals surface area contributed by atoms with Gasteiger partial charge in [0, 0.05) is 13.2 Å². The van der Waals surface area contributed by atoms with Crippen molar-refractivity contribution in [3.05, 3.63) is 16.5 Å². The summed E-state index contributed by atoms with van der Waals surface area (Å²) in [5.74, 6) is 3.07. The summed E-state index contributed by atoms with van der Waals surface area (Å²) in [5.41, 5.74) is 0. The predicted molar refractivity (Wildman–Crippen MR) is 63.7 cm³/mol. The van der Waals surface area contributed by atoms with Gasteiger partial charge in [0.15, 0.2) is 0 Å². The molecule has 1 aromatic rings. The van der Waals surface area contributed by atoms with Gasteiger partial charge in [-0.05, 0) is 34.5 Å². The summed E-state index contributed by atoms with van der Waals surface area (Å²) < 4.78 is 0.923. The van der Waals surface area contributed by atoms with Crippen LogP contribution in [0.4, 0.5) is 5.82 Å². The minimum absolute atomic E-state index is 0.496. The molecule has 1 atom stereocenters. The molecule has 0 amide bonds. The van der Waals surface area contributed by atoms with Crippen molar-refractivity contribution in [1.82, 2.24) is 9.97 Å². The molecule has 0 aliphatic carbocycles. The molecule has 0 radical (unpaired) electrons. The Kier molecular flexibility index (Phi) is 3.28. The Morgan fingerprint density at radius 3 is 3.14 bits per heavy atom. The monoisotopic (exact) mass is 273 g/mol. The summed E-state index contributed by atoms with van der Waals surface area (Å²) in [5, 5.41) is 3.55. The first-order chi connectivity index (χ1) is 6.81. The summed E-state index contributed by atoms with van der Waals surface area (Å²) in [6.45, 7) is 0. The maximum Gasteiger partial charge on any atom is 0.143 e. The zero-order valence-electron chi connectivity index (χ0n) is 7.96. The molecule has 1 saturated heterocycles. The molecule has 76 valence electrons. The van der Waals surface area contributed by atoms with E-state index in [4.69, 9.17) is 0 Å². The van der Waals surface area contributed by atoms with Crippen molar-refractivity contribution in [2.24, 2.45) is 0 Å². The third-order valence-corrected chi connectivity index (χ3v) is 4.17. The van der Waals surface area contributed by atoms with Crippen LogP contribution in [-0.2, 0) is 0 Å². The molecule has 1 aromatic heterocycles. The van der Waals surface area contributed by atoms with Gasteiger partial charge in [-0.1, -0.05) is 0 Å². The van der Waals surface area contributed by atoms with E-state index in [1.54, 1.807) is 0 Å². The highest BCUT2D eigenvalue weighted by Gasteiger charge is 2.20. The molecule has 1 fully saturated rings. The van der Waals surface area contributed by atoms with Gasteiger partial charge in [-0.15, -0.1) is 0 Å². The van der Waals surface area contributed by atoms with Gasteiger partial charge in [0.1, 0.15) is 11.6 Å². The molecule has 1 N–H and O–H groups in total. The van der Waals surface area contributed by atoms with Crippen molar-refractivity contribution < 1.29 is 0 Å². The lowest BCUT2D eigenvalue weighted by molar-refractivity contribution is 0.776. The Morgan fingerprint density at radius 2 is 2.50 bits per heavy atom. The van der Waals surface area contributed by atoms with Crippen LogP contribution in [0.25, 0.3) is 0 Å². The molecule has 0 spiro atoms. The van der Waals surface area contributed by atoms with Gasteiger partial charge in [0.25, 0.3) is 0 Å². The number of nitrogens with one attached hydrogen (secondary N) is 1. The maximum atomic E-state index is 4.48. The third kappa shape index (κ3) is 2.03. The first kappa shape index (κ1) is 10.2. The number of hydrogen-bond acceptors (Lipinski definition) is 4. The van der Waals surface area contributed by atoms with E-state index >= 15 is 0 Å². The quantitative estimate of drug-likeness (QED) is 0.900. The number of anilines is 1. The molecule has 2 heterocycles. The zero-order valence-corrected chi connectivity index (χ0v) is 10.4. The highest BCUT2D eigenvalue weighted by atomic mass is 79.9. The lowest BCUT2D eigenvalue weighted by Gasteiger charge is -2.09. The molecule has 2 rings (SSSR count). The van der Waals surface area contributed by atoms with E-state index in [9.17, 15) is 0 Å². The fraction of sp³-hybridized carbons (Fsp3) is 0.556. The van der Waals surface area contributed by atoms with E-state index in [1.807, 2.05) is 25.0 Å². The Morgan fingerprint density at radius 1 is 1.64 bits per heavy atom. The Hall–Kier alpha value is -0.290. The molecule has 1 aliphatic rings. The normalized spacial score (nSPS) is 21.1. The van der Waals surface area contributed by atoms with Crippen molar-refractivity contribution in [3.8, 4) is 0 Å². The van der Waals surface area contributed by atoms with Crippen molar-refractivity contribution in [2.75, 3.05) is 18.1 Å².